The van der Waals surface area contributed by atoms with Crippen molar-refractivity contribution < 1.29 is 4.39 Å². The van der Waals surface area contributed by atoms with Crippen LogP contribution in [0.3, 0.4) is 0 Å². The van der Waals surface area contributed by atoms with Gasteiger partial charge < -0.3 is 10.6 Å². The zero-order chi connectivity index (χ0) is 12.5. The van der Waals surface area contributed by atoms with Crippen LogP contribution in [0.5, 0.6) is 0 Å². The van der Waals surface area contributed by atoms with Gasteiger partial charge in [-0.15, -0.1) is 0 Å². The molecular weight excluding hydrogens is 227 g/mol. The smallest absolute Gasteiger partial charge is 0.148 e. The first-order chi connectivity index (χ1) is 8.77. The maximum Gasteiger partial charge on any atom is 0.148 e. The molecule has 3 rings (SSSR count). The molecule has 1 heterocycles. The van der Waals surface area contributed by atoms with E-state index in [1.807, 2.05) is 6.07 Å². The van der Waals surface area contributed by atoms with Gasteiger partial charge >= 0.3 is 0 Å². The third kappa shape index (κ3) is 1.96. The van der Waals surface area contributed by atoms with Crippen LogP contribution in [-0.2, 0) is 0 Å². The molecular formula is C15H21FN2. The fourth-order valence-corrected chi connectivity index (χ4v) is 3.70. The van der Waals surface area contributed by atoms with Crippen LogP contribution in [0.1, 0.15) is 38.5 Å². The molecule has 1 aliphatic carbocycles. The summed E-state index contributed by atoms with van der Waals surface area (Å²) in [6.07, 6.45) is 7.81. The van der Waals surface area contributed by atoms with Crippen LogP contribution in [0.25, 0.3) is 0 Å². The van der Waals surface area contributed by atoms with Crippen LogP contribution in [0.2, 0.25) is 0 Å². The van der Waals surface area contributed by atoms with Crippen molar-refractivity contribution in [3.05, 3.63) is 24.0 Å². The van der Waals surface area contributed by atoms with Gasteiger partial charge in [-0.2, -0.15) is 0 Å². The van der Waals surface area contributed by atoms with Crippen LogP contribution in [0.15, 0.2) is 18.2 Å². The van der Waals surface area contributed by atoms with E-state index in [0.717, 1.165) is 18.2 Å². The van der Waals surface area contributed by atoms with Crippen molar-refractivity contribution in [1.82, 2.24) is 0 Å². The molecule has 1 atom stereocenters. The first-order valence-electron chi connectivity index (χ1n) is 7.08. The predicted molar refractivity (Wildman–Crippen MR) is 73.1 cm³/mol. The molecule has 18 heavy (non-hydrogen) atoms. The quantitative estimate of drug-likeness (QED) is 0.811. The highest BCUT2D eigenvalue weighted by atomic mass is 19.1. The highest BCUT2D eigenvalue weighted by Gasteiger charge is 2.34. The standard InChI is InChI=1S/C15H21FN2/c16-12-7-3-8-14(15(12)17)18-10-4-9-13(18)11-5-1-2-6-11/h3,7-8,11,13H,1-2,4-6,9-10,17H2. The van der Waals surface area contributed by atoms with Crippen LogP contribution < -0.4 is 10.6 Å². The topological polar surface area (TPSA) is 29.3 Å². The Kier molecular flexibility index (Phi) is 3.14. The second-order valence-electron chi connectivity index (χ2n) is 5.62. The van der Waals surface area contributed by atoms with Gasteiger partial charge in [-0.3, -0.25) is 0 Å². The van der Waals surface area contributed by atoms with Gasteiger partial charge in [-0.1, -0.05) is 18.9 Å². The van der Waals surface area contributed by atoms with Gasteiger partial charge in [0.2, 0.25) is 0 Å². The molecule has 1 aliphatic heterocycles. The van der Waals surface area contributed by atoms with E-state index in [1.54, 1.807) is 6.07 Å². The van der Waals surface area contributed by atoms with Gasteiger partial charge in [0.1, 0.15) is 5.82 Å². The van der Waals surface area contributed by atoms with Crippen molar-refractivity contribution in [2.75, 3.05) is 17.2 Å². The van der Waals surface area contributed by atoms with Gasteiger partial charge in [0.15, 0.2) is 0 Å². The number of nitrogens with two attached hydrogens (primary N) is 1. The molecule has 1 aromatic rings. The highest BCUT2D eigenvalue weighted by Crippen LogP contribution is 2.39. The Balaban J connectivity index is 1.87. The van der Waals surface area contributed by atoms with Crippen LogP contribution in [0, 0.1) is 11.7 Å². The van der Waals surface area contributed by atoms with E-state index in [-0.39, 0.29) is 5.82 Å². The third-order valence-corrected chi connectivity index (χ3v) is 4.58. The fraction of sp³-hybridized carbons (Fsp3) is 0.600. The molecule has 0 spiro atoms. The van der Waals surface area contributed by atoms with Crippen molar-refractivity contribution in [2.24, 2.45) is 5.92 Å². The minimum atomic E-state index is -0.287. The fourth-order valence-electron chi connectivity index (χ4n) is 3.70. The summed E-state index contributed by atoms with van der Waals surface area (Å²) in [5.74, 6) is 0.500. The van der Waals surface area contributed by atoms with Gasteiger partial charge in [0.25, 0.3) is 0 Å². The number of nitrogen functional groups attached to an aromatic ring is 1. The van der Waals surface area contributed by atoms with Crippen molar-refractivity contribution in [3.8, 4) is 0 Å². The molecule has 2 fully saturated rings. The Hall–Kier alpha value is -1.25. The summed E-state index contributed by atoms with van der Waals surface area (Å²) < 4.78 is 13.6. The molecule has 0 bridgehead atoms. The summed E-state index contributed by atoms with van der Waals surface area (Å²) in [6, 6.07) is 5.76. The van der Waals surface area contributed by atoms with Gasteiger partial charge in [-0.25, -0.2) is 4.39 Å². The van der Waals surface area contributed by atoms with Crippen LogP contribution in [-0.4, -0.2) is 12.6 Å². The average Bonchev–Trinajstić information content (AvgIpc) is 3.01. The Bertz CT molecular complexity index is 427. The van der Waals surface area contributed by atoms with E-state index in [2.05, 4.69) is 4.90 Å². The Morgan fingerprint density at radius 2 is 1.89 bits per heavy atom. The molecule has 2 aliphatic rings. The SMILES string of the molecule is Nc1c(F)cccc1N1CCCC1C1CCCC1. The van der Waals surface area contributed by atoms with E-state index in [4.69, 9.17) is 5.73 Å². The second-order valence-corrected chi connectivity index (χ2v) is 5.62. The summed E-state index contributed by atoms with van der Waals surface area (Å²) in [5.41, 5.74) is 7.14. The molecule has 1 saturated carbocycles. The number of halogens is 1. The van der Waals surface area contributed by atoms with Crippen LogP contribution in [0.4, 0.5) is 15.8 Å². The molecule has 98 valence electrons. The lowest BCUT2D eigenvalue weighted by molar-refractivity contribution is 0.431. The zero-order valence-corrected chi connectivity index (χ0v) is 10.7. The first-order valence-corrected chi connectivity index (χ1v) is 7.08. The number of nitrogens with zero attached hydrogens (tertiary/aromatic N) is 1. The number of anilines is 2. The summed E-state index contributed by atoms with van der Waals surface area (Å²) in [6.45, 7) is 1.02. The molecule has 0 amide bonds. The molecule has 3 heteroatoms. The van der Waals surface area contributed by atoms with Crippen molar-refractivity contribution in [2.45, 2.75) is 44.6 Å². The molecule has 0 aromatic heterocycles. The van der Waals surface area contributed by atoms with Crippen LogP contribution >= 0.6 is 0 Å². The second kappa shape index (κ2) is 4.79. The summed E-state index contributed by atoms with van der Waals surface area (Å²) in [7, 11) is 0. The maximum absolute atomic E-state index is 13.6. The molecule has 1 saturated heterocycles. The summed E-state index contributed by atoms with van der Waals surface area (Å²) >= 11 is 0. The maximum atomic E-state index is 13.6. The first kappa shape index (κ1) is 11.8. The lowest BCUT2D eigenvalue weighted by Crippen LogP contribution is -2.35. The average molecular weight is 248 g/mol. The molecule has 1 unspecified atom stereocenters. The number of rotatable bonds is 2. The van der Waals surface area contributed by atoms with Gasteiger partial charge in [0, 0.05) is 12.6 Å². The monoisotopic (exact) mass is 248 g/mol. The lowest BCUT2D eigenvalue weighted by atomic mass is 9.95. The molecule has 1 aromatic carbocycles. The lowest BCUT2D eigenvalue weighted by Gasteiger charge is -2.32. The van der Waals surface area contributed by atoms with E-state index in [0.29, 0.717) is 11.7 Å². The Morgan fingerprint density at radius 3 is 2.67 bits per heavy atom. The molecule has 2 N–H and O–H groups in total. The normalized spacial score (nSPS) is 24.9. The summed E-state index contributed by atoms with van der Waals surface area (Å²) in [4.78, 5) is 2.36. The Morgan fingerprint density at radius 1 is 1.11 bits per heavy atom. The molecule has 2 nitrogen and oxygen atoms in total. The number of hydrogen-bond donors (Lipinski definition) is 1. The van der Waals surface area contributed by atoms with Gasteiger partial charge in [-0.05, 0) is 43.7 Å². The zero-order valence-electron chi connectivity index (χ0n) is 10.7. The Labute approximate surface area is 108 Å². The van der Waals surface area contributed by atoms with E-state index >= 15 is 0 Å². The largest absolute Gasteiger partial charge is 0.395 e. The minimum absolute atomic E-state index is 0.287. The van der Waals surface area contributed by atoms with E-state index < -0.39 is 0 Å². The summed E-state index contributed by atoms with van der Waals surface area (Å²) in [5, 5.41) is 0. The van der Waals surface area contributed by atoms with Crippen molar-refractivity contribution >= 4 is 11.4 Å². The number of benzene rings is 1. The van der Waals surface area contributed by atoms with Gasteiger partial charge in [0.05, 0.1) is 11.4 Å². The van der Waals surface area contributed by atoms with Crippen molar-refractivity contribution in [3.63, 3.8) is 0 Å². The highest BCUT2D eigenvalue weighted by molar-refractivity contribution is 5.69. The molecule has 0 radical (unpaired) electrons. The number of hydrogen-bond acceptors (Lipinski definition) is 2. The van der Waals surface area contributed by atoms with E-state index in [9.17, 15) is 4.39 Å². The number of para-hydroxylation sites is 1. The van der Waals surface area contributed by atoms with Crippen molar-refractivity contribution in [1.29, 1.82) is 0 Å². The minimum Gasteiger partial charge on any atom is -0.395 e. The predicted octanol–water partition coefficient (Wildman–Crippen LogP) is 3.57. The third-order valence-electron chi connectivity index (χ3n) is 4.58. The van der Waals surface area contributed by atoms with E-state index in [1.165, 1.54) is 44.6 Å².